The highest BCUT2D eigenvalue weighted by molar-refractivity contribution is 7.21. The van der Waals surface area contributed by atoms with E-state index in [2.05, 4.69) is 32.7 Å². The SMILES string of the molecule is COC1CN(c2ccc3c(n2)CCC(NC(=O)c2sc4nc(C)c(F)cc4c2N)C3)CC12CCN2. The van der Waals surface area contributed by atoms with Crippen LogP contribution in [0.3, 0.4) is 0 Å². The molecule has 35 heavy (non-hydrogen) atoms. The van der Waals surface area contributed by atoms with E-state index in [0.717, 1.165) is 62.4 Å². The van der Waals surface area contributed by atoms with Crippen LogP contribution in [-0.4, -0.2) is 60.3 Å². The van der Waals surface area contributed by atoms with Gasteiger partial charge >= 0.3 is 0 Å². The van der Waals surface area contributed by atoms with Crippen LogP contribution in [0.15, 0.2) is 18.2 Å². The van der Waals surface area contributed by atoms with Crippen LogP contribution in [-0.2, 0) is 17.6 Å². The number of carbonyl (C=O) groups is 1. The third-order valence-electron chi connectivity index (χ3n) is 7.77. The first-order valence-corrected chi connectivity index (χ1v) is 12.9. The fourth-order valence-corrected chi connectivity index (χ4v) is 6.66. The molecule has 1 spiro atoms. The number of nitrogens with zero attached hydrogens (tertiary/aromatic N) is 3. The summed E-state index contributed by atoms with van der Waals surface area (Å²) in [6.07, 6.45) is 3.62. The second-order valence-corrected chi connectivity index (χ2v) is 10.9. The number of aromatic nitrogens is 2. The quantitative estimate of drug-likeness (QED) is 0.510. The van der Waals surface area contributed by atoms with Crippen molar-refractivity contribution < 1.29 is 13.9 Å². The summed E-state index contributed by atoms with van der Waals surface area (Å²) in [6.45, 7) is 4.39. The molecule has 184 valence electrons. The zero-order chi connectivity index (χ0) is 24.3. The van der Waals surface area contributed by atoms with Crippen LogP contribution >= 0.6 is 11.3 Å². The Kier molecular flexibility index (Phi) is 5.43. The summed E-state index contributed by atoms with van der Waals surface area (Å²) in [4.78, 5) is 25.5. The molecule has 1 aliphatic carbocycles. The lowest BCUT2D eigenvalue weighted by Crippen LogP contribution is -2.64. The van der Waals surface area contributed by atoms with E-state index in [1.54, 1.807) is 14.0 Å². The van der Waals surface area contributed by atoms with E-state index in [9.17, 15) is 9.18 Å². The lowest BCUT2D eigenvalue weighted by Gasteiger charge is -2.43. The first-order chi connectivity index (χ1) is 16.9. The lowest BCUT2D eigenvalue weighted by atomic mass is 9.85. The summed E-state index contributed by atoms with van der Waals surface area (Å²) in [7, 11) is 1.78. The molecule has 0 radical (unpaired) electrons. The first-order valence-electron chi connectivity index (χ1n) is 12.0. The largest absolute Gasteiger partial charge is 0.397 e. The van der Waals surface area contributed by atoms with Gasteiger partial charge in [0.25, 0.3) is 5.91 Å². The van der Waals surface area contributed by atoms with Gasteiger partial charge in [-0.15, -0.1) is 11.3 Å². The number of ether oxygens (including phenoxy) is 1. The van der Waals surface area contributed by atoms with Crippen molar-refractivity contribution in [2.24, 2.45) is 0 Å². The van der Waals surface area contributed by atoms with Gasteiger partial charge in [0.05, 0.1) is 23.0 Å². The van der Waals surface area contributed by atoms with Crippen LogP contribution in [0, 0.1) is 12.7 Å². The number of carbonyl (C=O) groups excluding carboxylic acids is 1. The van der Waals surface area contributed by atoms with Crippen LogP contribution in [0.2, 0.25) is 0 Å². The Labute approximate surface area is 207 Å². The highest BCUT2D eigenvalue weighted by Crippen LogP contribution is 2.36. The fourth-order valence-electron chi connectivity index (χ4n) is 5.63. The van der Waals surface area contributed by atoms with Crippen LogP contribution in [0.25, 0.3) is 10.2 Å². The van der Waals surface area contributed by atoms with Crippen LogP contribution in [0.4, 0.5) is 15.9 Å². The molecule has 0 saturated carbocycles. The summed E-state index contributed by atoms with van der Waals surface area (Å²) in [5.41, 5.74) is 9.08. The van der Waals surface area contributed by atoms with E-state index >= 15 is 0 Å². The fraction of sp³-hybridized carbons (Fsp3) is 0.480. The van der Waals surface area contributed by atoms with E-state index in [-0.39, 0.29) is 29.3 Å². The predicted molar refractivity (Wildman–Crippen MR) is 135 cm³/mol. The van der Waals surface area contributed by atoms with Gasteiger partial charge < -0.3 is 26.0 Å². The van der Waals surface area contributed by atoms with Crippen molar-refractivity contribution in [1.29, 1.82) is 0 Å². The van der Waals surface area contributed by atoms with Gasteiger partial charge in [0.15, 0.2) is 0 Å². The van der Waals surface area contributed by atoms with Crippen molar-refractivity contribution >= 4 is 39.0 Å². The summed E-state index contributed by atoms with van der Waals surface area (Å²) in [5, 5.41) is 7.19. The molecule has 3 aromatic heterocycles. The van der Waals surface area contributed by atoms with Gasteiger partial charge in [0.2, 0.25) is 0 Å². The van der Waals surface area contributed by atoms with Gasteiger partial charge in [-0.2, -0.15) is 0 Å². The van der Waals surface area contributed by atoms with Crippen molar-refractivity contribution in [2.75, 3.05) is 37.4 Å². The summed E-state index contributed by atoms with van der Waals surface area (Å²) in [6, 6.07) is 5.57. The number of hydrogen-bond acceptors (Lipinski definition) is 8. The minimum atomic E-state index is -0.421. The van der Waals surface area contributed by atoms with Gasteiger partial charge in [-0.1, -0.05) is 6.07 Å². The number of anilines is 2. The average Bonchev–Trinajstić information content (AvgIpc) is 3.38. The standard InChI is InChI=1S/C25H29FN6O2S/c1-13-17(26)10-16-21(27)22(35-24(16)29-13)23(33)30-15-4-5-18-14(9-15)3-6-20(31-18)32-11-19(34-2)25(12-32)7-8-28-25/h3,6,10,15,19,28H,4-5,7-9,11-12,27H2,1-2H3,(H,30,33). The number of fused-ring (bicyclic) bond motifs is 2. The number of nitrogens with one attached hydrogen (secondary N) is 2. The molecule has 6 rings (SSSR count). The molecule has 3 aliphatic rings. The van der Waals surface area contributed by atoms with E-state index in [1.165, 1.54) is 17.4 Å². The number of hydrogen-bond donors (Lipinski definition) is 3. The topological polar surface area (TPSA) is 105 Å². The third kappa shape index (κ3) is 3.75. The second-order valence-electron chi connectivity index (χ2n) is 9.88. The number of pyridine rings is 2. The third-order valence-corrected chi connectivity index (χ3v) is 8.89. The van der Waals surface area contributed by atoms with Crippen molar-refractivity contribution in [1.82, 2.24) is 20.6 Å². The monoisotopic (exact) mass is 496 g/mol. The molecule has 0 bridgehead atoms. The molecule has 1 amide bonds. The molecule has 4 N–H and O–H groups in total. The van der Waals surface area contributed by atoms with Crippen molar-refractivity contribution in [3.63, 3.8) is 0 Å². The van der Waals surface area contributed by atoms with Gasteiger partial charge in [-0.3, -0.25) is 4.79 Å². The molecule has 3 aromatic rings. The zero-order valence-electron chi connectivity index (χ0n) is 19.9. The Morgan fingerprint density at radius 1 is 1.40 bits per heavy atom. The van der Waals surface area contributed by atoms with E-state index in [1.807, 2.05) is 0 Å². The van der Waals surface area contributed by atoms with E-state index in [0.29, 0.717) is 20.8 Å². The number of halogens is 1. The van der Waals surface area contributed by atoms with Gasteiger partial charge in [0.1, 0.15) is 21.3 Å². The average molecular weight is 497 g/mol. The van der Waals surface area contributed by atoms with Gasteiger partial charge in [-0.25, -0.2) is 14.4 Å². The molecule has 10 heteroatoms. The number of aryl methyl sites for hydroxylation is 2. The zero-order valence-corrected chi connectivity index (χ0v) is 20.7. The summed E-state index contributed by atoms with van der Waals surface area (Å²) in [5.74, 6) is 0.338. The molecule has 8 nitrogen and oxygen atoms in total. The number of nitrogen functional groups attached to an aromatic ring is 1. The molecule has 3 atom stereocenters. The normalized spacial score (nSPS) is 25.6. The number of nitrogens with two attached hydrogens (primary N) is 1. The summed E-state index contributed by atoms with van der Waals surface area (Å²) < 4.78 is 19.7. The highest BCUT2D eigenvalue weighted by Gasteiger charge is 2.51. The van der Waals surface area contributed by atoms with Crippen molar-refractivity contribution in [2.45, 2.75) is 50.3 Å². The smallest absolute Gasteiger partial charge is 0.263 e. The number of rotatable bonds is 4. The maximum Gasteiger partial charge on any atom is 0.263 e. The van der Waals surface area contributed by atoms with Crippen molar-refractivity contribution in [3.8, 4) is 0 Å². The molecule has 3 unspecified atom stereocenters. The van der Waals surface area contributed by atoms with Gasteiger partial charge in [-0.05, 0) is 56.8 Å². The minimum absolute atomic E-state index is 0.00852. The van der Waals surface area contributed by atoms with Crippen molar-refractivity contribution in [3.05, 3.63) is 45.8 Å². The van der Waals surface area contributed by atoms with E-state index < -0.39 is 5.82 Å². The van der Waals surface area contributed by atoms with Crippen LogP contribution in [0.5, 0.6) is 0 Å². The Balaban J connectivity index is 1.15. The number of methoxy groups -OCH3 is 1. The second kappa shape index (κ2) is 8.39. The molecule has 0 aromatic carbocycles. The lowest BCUT2D eigenvalue weighted by molar-refractivity contribution is 0.0180. The maximum atomic E-state index is 13.9. The predicted octanol–water partition coefficient (Wildman–Crippen LogP) is 2.58. The Morgan fingerprint density at radius 3 is 2.94 bits per heavy atom. The van der Waals surface area contributed by atoms with Crippen LogP contribution < -0.4 is 21.3 Å². The maximum absolute atomic E-state index is 13.9. The molecular formula is C25H29FN6O2S. The van der Waals surface area contributed by atoms with Gasteiger partial charge in [0, 0.05) is 37.3 Å². The Morgan fingerprint density at radius 2 is 2.23 bits per heavy atom. The molecule has 5 heterocycles. The number of thiophene rings is 1. The molecule has 2 fully saturated rings. The highest BCUT2D eigenvalue weighted by atomic mass is 32.1. The molecule has 2 saturated heterocycles. The minimum Gasteiger partial charge on any atom is -0.397 e. The van der Waals surface area contributed by atoms with E-state index in [4.69, 9.17) is 15.5 Å². The molecular weight excluding hydrogens is 467 g/mol. The Bertz CT molecular complexity index is 1320. The Hall–Kier alpha value is -2.82. The molecule has 2 aliphatic heterocycles. The van der Waals surface area contributed by atoms with Crippen LogP contribution in [0.1, 0.15) is 39.5 Å². The first kappa shape index (κ1) is 22.6. The summed E-state index contributed by atoms with van der Waals surface area (Å²) >= 11 is 1.21. The number of amides is 1.